The van der Waals surface area contributed by atoms with E-state index >= 15 is 0 Å². The maximum atomic E-state index is 8.57. The number of hydrogen-bond donors (Lipinski definition) is 3. The molecule has 0 aliphatic heterocycles. The first-order chi connectivity index (χ1) is 9.19. The number of thiophene rings is 1. The molecular formula is C13H14ClN3OS. The molecule has 0 saturated carbocycles. The highest BCUT2D eigenvalue weighted by Gasteiger charge is 2.00. The van der Waals surface area contributed by atoms with Gasteiger partial charge >= 0.3 is 0 Å². The first-order valence-electron chi connectivity index (χ1n) is 5.71. The molecule has 1 aromatic carbocycles. The summed E-state index contributed by atoms with van der Waals surface area (Å²) in [5, 5.41) is 14.9. The van der Waals surface area contributed by atoms with E-state index in [1.54, 1.807) is 11.3 Å². The Bertz CT molecular complexity index is 566. The molecule has 4 nitrogen and oxygen atoms in total. The molecular weight excluding hydrogens is 282 g/mol. The van der Waals surface area contributed by atoms with Crippen LogP contribution in [0.4, 0.5) is 0 Å². The minimum atomic E-state index is 0.118. The van der Waals surface area contributed by atoms with Gasteiger partial charge in [0.2, 0.25) is 0 Å². The van der Waals surface area contributed by atoms with Gasteiger partial charge in [-0.25, -0.2) is 0 Å². The quantitative estimate of drug-likeness (QED) is 0.344. The third kappa shape index (κ3) is 3.96. The van der Waals surface area contributed by atoms with Crippen molar-refractivity contribution in [2.75, 3.05) is 0 Å². The molecule has 0 aliphatic carbocycles. The minimum Gasteiger partial charge on any atom is -0.409 e. The second-order valence-electron chi connectivity index (χ2n) is 3.99. The van der Waals surface area contributed by atoms with Gasteiger partial charge in [-0.1, -0.05) is 41.0 Å². The second kappa shape index (κ2) is 6.56. The van der Waals surface area contributed by atoms with Crippen LogP contribution in [0.25, 0.3) is 0 Å². The molecule has 2 rings (SSSR count). The summed E-state index contributed by atoms with van der Waals surface area (Å²) in [6, 6.07) is 11.5. The maximum absolute atomic E-state index is 8.57. The molecule has 4 N–H and O–H groups in total. The lowest BCUT2D eigenvalue weighted by Gasteiger charge is -2.04. The van der Waals surface area contributed by atoms with Crippen molar-refractivity contribution in [3.63, 3.8) is 0 Å². The van der Waals surface area contributed by atoms with Crippen molar-refractivity contribution in [2.24, 2.45) is 10.9 Å². The van der Waals surface area contributed by atoms with E-state index in [0.29, 0.717) is 5.56 Å². The summed E-state index contributed by atoms with van der Waals surface area (Å²) in [5.74, 6) is 0.118. The van der Waals surface area contributed by atoms with Crippen LogP contribution in [-0.4, -0.2) is 11.0 Å². The number of hydrogen-bond acceptors (Lipinski definition) is 4. The maximum Gasteiger partial charge on any atom is 0.170 e. The molecule has 2 aromatic rings. The third-order valence-corrected chi connectivity index (χ3v) is 3.85. The molecule has 1 aromatic heterocycles. The van der Waals surface area contributed by atoms with Gasteiger partial charge in [-0.2, -0.15) is 0 Å². The standard InChI is InChI=1S/C13H14ClN3OS/c14-12-6-5-11(19-12)8-16-7-9-1-3-10(4-2-9)13(15)17-18/h1-6,16,18H,7-8H2,(H2,15,17). The zero-order valence-electron chi connectivity index (χ0n) is 10.1. The van der Waals surface area contributed by atoms with Crippen molar-refractivity contribution in [2.45, 2.75) is 13.1 Å². The SMILES string of the molecule is NC(=NO)c1ccc(CNCc2ccc(Cl)s2)cc1. The van der Waals surface area contributed by atoms with E-state index in [4.69, 9.17) is 22.5 Å². The molecule has 1 heterocycles. The highest BCUT2D eigenvalue weighted by atomic mass is 35.5. The van der Waals surface area contributed by atoms with E-state index in [1.165, 1.54) is 4.88 Å². The molecule has 0 fully saturated rings. The predicted octanol–water partition coefficient (Wildman–Crippen LogP) is 2.79. The van der Waals surface area contributed by atoms with Gasteiger partial charge in [-0.15, -0.1) is 11.3 Å². The number of benzene rings is 1. The topological polar surface area (TPSA) is 70.6 Å². The van der Waals surface area contributed by atoms with Crippen molar-refractivity contribution in [3.05, 3.63) is 56.7 Å². The Morgan fingerprint density at radius 2 is 1.95 bits per heavy atom. The Morgan fingerprint density at radius 3 is 2.53 bits per heavy atom. The Morgan fingerprint density at radius 1 is 1.21 bits per heavy atom. The van der Waals surface area contributed by atoms with Crippen LogP contribution < -0.4 is 11.1 Å². The lowest BCUT2D eigenvalue weighted by molar-refractivity contribution is 0.318. The zero-order valence-corrected chi connectivity index (χ0v) is 11.7. The zero-order chi connectivity index (χ0) is 13.7. The van der Waals surface area contributed by atoms with Gasteiger partial charge in [0.05, 0.1) is 4.34 Å². The fourth-order valence-corrected chi connectivity index (χ4v) is 2.69. The normalized spacial score (nSPS) is 11.7. The molecule has 0 amide bonds. The highest BCUT2D eigenvalue weighted by molar-refractivity contribution is 7.16. The molecule has 6 heteroatoms. The number of nitrogens with one attached hydrogen (secondary N) is 1. The molecule has 0 aliphatic rings. The van der Waals surface area contributed by atoms with Gasteiger partial charge in [-0.05, 0) is 17.7 Å². The average molecular weight is 296 g/mol. The van der Waals surface area contributed by atoms with Crippen LogP contribution in [0, 0.1) is 0 Å². The highest BCUT2D eigenvalue weighted by Crippen LogP contribution is 2.21. The Hall–Kier alpha value is -1.56. The summed E-state index contributed by atoms with van der Waals surface area (Å²) >= 11 is 7.44. The van der Waals surface area contributed by atoms with Crippen molar-refractivity contribution in [1.82, 2.24) is 5.32 Å². The van der Waals surface area contributed by atoms with Crippen LogP contribution >= 0.6 is 22.9 Å². The van der Waals surface area contributed by atoms with E-state index in [0.717, 1.165) is 23.0 Å². The summed E-state index contributed by atoms with van der Waals surface area (Å²) in [6.07, 6.45) is 0. The van der Waals surface area contributed by atoms with Gasteiger partial charge in [0.1, 0.15) is 0 Å². The van der Waals surface area contributed by atoms with E-state index in [2.05, 4.69) is 10.5 Å². The largest absolute Gasteiger partial charge is 0.409 e. The summed E-state index contributed by atoms with van der Waals surface area (Å²) in [7, 11) is 0. The fourth-order valence-electron chi connectivity index (χ4n) is 1.63. The van der Waals surface area contributed by atoms with Gasteiger partial charge in [0.25, 0.3) is 0 Å². The van der Waals surface area contributed by atoms with Crippen molar-refractivity contribution in [1.29, 1.82) is 0 Å². The van der Waals surface area contributed by atoms with Crippen molar-refractivity contribution in [3.8, 4) is 0 Å². The first-order valence-corrected chi connectivity index (χ1v) is 6.90. The molecule has 0 bridgehead atoms. The summed E-state index contributed by atoms with van der Waals surface area (Å²) in [5.41, 5.74) is 7.34. The van der Waals surface area contributed by atoms with Gasteiger partial charge in [-0.3, -0.25) is 0 Å². The molecule has 0 unspecified atom stereocenters. The number of halogens is 1. The number of rotatable bonds is 5. The van der Waals surface area contributed by atoms with E-state index < -0.39 is 0 Å². The van der Waals surface area contributed by atoms with Crippen LogP contribution in [0.15, 0.2) is 41.6 Å². The number of nitrogens with zero attached hydrogens (tertiary/aromatic N) is 1. The monoisotopic (exact) mass is 295 g/mol. The number of amidine groups is 1. The Balaban J connectivity index is 1.86. The van der Waals surface area contributed by atoms with Crippen LogP contribution in [-0.2, 0) is 13.1 Å². The molecule has 0 radical (unpaired) electrons. The fraction of sp³-hybridized carbons (Fsp3) is 0.154. The van der Waals surface area contributed by atoms with Crippen molar-refractivity contribution < 1.29 is 5.21 Å². The number of oxime groups is 1. The average Bonchev–Trinajstić information content (AvgIpc) is 2.84. The minimum absolute atomic E-state index is 0.118. The lowest BCUT2D eigenvalue weighted by Crippen LogP contribution is -2.14. The summed E-state index contributed by atoms with van der Waals surface area (Å²) < 4.78 is 0.805. The van der Waals surface area contributed by atoms with Crippen LogP contribution in [0.5, 0.6) is 0 Å². The van der Waals surface area contributed by atoms with Gasteiger partial charge in [0, 0.05) is 23.5 Å². The first kappa shape index (κ1) is 13.9. The van der Waals surface area contributed by atoms with E-state index in [1.807, 2.05) is 36.4 Å². The summed E-state index contributed by atoms with van der Waals surface area (Å²) in [6.45, 7) is 1.55. The Labute approximate surface area is 120 Å². The molecule has 19 heavy (non-hydrogen) atoms. The molecule has 0 saturated heterocycles. The van der Waals surface area contributed by atoms with Crippen molar-refractivity contribution >= 4 is 28.8 Å². The molecule has 100 valence electrons. The van der Waals surface area contributed by atoms with Gasteiger partial charge in [0.15, 0.2) is 5.84 Å². The second-order valence-corrected chi connectivity index (χ2v) is 5.79. The van der Waals surface area contributed by atoms with E-state index in [9.17, 15) is 0 Å². The molecule has 0 atom stereocenters. The third-order valence-electron chi connectivity index (χ3n) is 2.61. The van der Waals surface area contributed by atoms with Crippen LogP contribution in [0.3, 0.4) is 0 Å². The lowest BCUT2D eigenvalue weighted by atomic mass is 10.1. The smallest absolute Gasteiger partial charge is 0.170 e. The van der Waals surface area contributed by atoms with Crippen LogP contribution in [0.2, 0.25) is 4.34 Å². The van der Waals surface area contributed by atoms with E-state index in [-0.39, 0.29) is 5.84 Å². The van der Waals surface area contributed by atoms with Crippen LogP contribution in [0.1, 0.15) is 16.0 Å². The van der Waals surface area contributed by atoms with Gasteiger partial charge < -0.3 is 16.3 Å². The Kier molecular flexibility index (Phi) is 4.79. The molecule has 0 spiro atoms. The predicted molar refractivity (Wildman–Crippen MR) is 78.8 cm³/mol. The summed E-state index contributed by atoms with van der Waals surface area (Å²) in [4.78, 5) is 1.21. The number of nitrogens with two attached hydrogens (primary N) is 1.